The second-order valence-corrected chi connectivity index (χ2v) is 7.20. The number of benzene rings is 2. The van der Waals surface area contributed by atoms with Crippen molar-refractivity contribution in [1.82, 2.24) is 4.98 Å². The second kappa shape index (κ2) is 7.51. The molecule has 0 amide bonds. The summed E-state index contributed by atoms with van der Waals surface area (Å²) in [7, 11) is 1.61. The number of rotatable bonds is 5. The Hall–Kier alpha value is -2.47. The van der Waals surface area contributed by atoms with E-state index in [0.29, 0.717) is 40.2 Å². The van der Waals surface area contributed by atoms with E-state index >= 15 is 0 Å². The van der Waals surface area contributed by atoms with Crippen LogP contribution in [0.3, 0.4) is 0 Å². The number of methoxy groups -OCH3 is 1. The van der Waals surface area contributed by atoms with Gasteiger partial charge in [-0.15, -0.1) is 0 Å². The monoisotopic (exact) mass is 416 g/mol. The maximum absolute atomic E-state index is 6.53. The Bertz CT molecular complexity index is 1010. The molecule has 2 N–H and O–H groups in total. The summed E-state index contributed by atoms with van der Waals surface area (Å²) >= 11 is 12.6. The molecule has 0 saturated heterocycles. The third-order valence-corrected chi connectivity index (χ3v) is 5.11. The van der Waals surface area contributed by atoms with E-state index in [-0.39, 0.29) is 0 Å². The van der Waals surface area contributed by atoms with E-state index in [0.717, 1.165) is 16.9 Å². The maximum atomic E-state index is 6.53. The average molecular weight is 417 g/mol. The van der Waals surface area contributed by atoms with Crippen molar-refractivity contribution in [3.63, 3.8) is 0 Å². The molecule has 0 radical (unpaired) electrons. The number of fused-ring (bicyclic) bond motifs is 1. The molecule has 1 unspecified atom stereocenters. The lowest BCUT2D eigenvalue weighted by Crippen LogP contribution is -2.37. The first kappa shape index (κ1) is 18.9. The fourth-order valence-electron chi connectivity index (χ4n) is 3.19. The highest BCUT2D eigenvalue weighted by atomic mass is 35.5. The van der Waals surface area contributed by atoms with Gasteiger partial charge in [0.15, 0.2) is 5.75 Å². The molecule has 1 aliphatic heterocycles. The van der Waals surface area contributed by atoms with Gasteiger partial charge in [0, 0.05) is 16.8 Å². The SMILES string of the molecule is COc1ccc(C2(c3ccc(Cl)cc3Cl)Oc3cc(CCN)cnc3O2)cc1. The first-order chi connectivity index (χ1) is 13.6. The summed E-state index contributed by atoms with van der Waals surface area (Å²) in [5, 5.41) is 0.954. The van der Waals surface area contributed by atoms with E-state index < -0.39 is 5.79 Å². The van der Waals surface area contributed by atoms with Gasteiger partial charge in [0.25, 0.3) is 5.88 Å². The van der Waals surface area contributed by atoms with Gasteiger partial charge in [0.2, 0.25) is 0 Å². The minimum atomic E-state index is -1.29. The molecule has 0 spiro atoms. The number of nitrogens with two attached hydrogens (primary N) is 1. The number of pyridine rings is 1. The Kier molecular flexibility index (Phi) is 5.06. The van der Waals surface area contributed by atoms with E-state index in [1.54, 1.807) is 31.5 Å². The minimum absolute atomic E-state index is 0.391. The van der Waals surface area contributed by atoms with E-state index in [9.17, 15) is 0 Å². The van der Waals surface area contributed by atoms with Crippen LogP contribution in [0.2, 0.25) is 10.0 Å². The molecule has 0 aliphatic carbocycles. The van der Waals surface area contributed by atoms with Crippen molar-refractivity contribution < 1.29 is 14.2 Å². The molecular weight excluding hydrogens is 399 g/mol. The fourth-order valence-corrected chi connectivity index (χ4v) is 3.72. The van der Waals surface area contributed by atoms with E-state index in [1.807, 2.05) is 30.3 Å². The largest absolute Gasteiger partial charge is 0.497 e. The molecule has 28 heavy (non-hydrogen) atoms. The Morgan fingerprint density at radius 2 is 1.86 bits per heavy atom. The first-order valence-corrected chi connectivity index (χ1v) is 9.48. The van der Waals surface area contributed by atoms with Gasteiger partial charge in [0.1, 0.15) is 5.75 Å². The molecule has 1 atom stereocenters. The smallest absolute Gasteiger partial charge is 0.308 e. The molecule has 5 nitrogen and oxygen atoms in total. The molecule has 144 valence electrons. The third-order valence-electron chi connectivity index (χ3n) is 4.56. The van der Waals surface area contributed by atoms with Gasteiger partial charge in [-0.3, -0.25) is 0 Å². The highest BCUT2D eigenvalue weighted by molar-refractivity contribution is 6.35. The normalized spacial score (nSPS) is 17.6. The van der Waals surface area contributed by atoms with E-state index in [2.05, 4.69) is 4.98 Å². The van der Waals surface area contributed by atoms with Gasteiger partial charge < -0.3 is 19.9 Å². The van der Waals surface area contributed by atoms with Crippen LogP contribution in [0, 0.1) is 0 Å². The van der Waals surface area contributed by atoms with Gasteiger partial charge in [-0.05, 0) is 67.1 Å². The molecular formula is C21H18Cl2N2O3. The van der Waals surface area contributed by atoms with E-state index in [1.165, 1.54) is 0 Å². The predicted octanol–water partition coefficient (Wildman–Crippen LogP) is 4.57. The zero-order valence-corrected chi connectivity index (χ0v) is 16.6. The zero-order valence-electron chi connectivity index (χ0n) is 15.1. The molecule has 0 fully saturated rings. The van der Waals surface area contributed by atoms with E-state index in [4.69, 9.17) is 43.1 Å². The highest BCUT2D eigenvalue weighted by Gasteiger charge is 2.47. The summed E-state index contributed by atoms with van der Waals surface area (Å²) in [6, 6.07) is 14.5. The number of hydrogen-bond donors (Lipinski definition) is 1. The van der Waals surface area contributed by atoms with Crippen LogP contribution in [0.25, 0.3) is 0 Å². The number of ether oxygens (including phenoxy) is 3. The van der Waals surface area contributed by atoms with Crippen molar-refractivity contribution in [2.45, 2.75) is 12.2 Å². The van der Waals surface area contributed by atoms with Crippen LogP contribution < -0.4 is 19.9 Å². The average Bonchev–Trinajstić information content (AvgIpc) is 3.08. The van der Waals surface area contributed by atoms with Crippen molar-refractivity contribution >= 4 is 23.2 Å². The van der Waals surface area contributed by atoms with Gasteiger partial charge in [-0.1, -0.05) is 23.2 Å². The molecule has 2 heterocycles. The zero-order chi connectivity index (χ0) is 19.7. The molecule has 0 bridgehead atoms. The van der Waals surface area contributed by atoms with Crippen LogP contribution in [0.1, 0.15) is 16.7 Å². The van der Waals surface area contributed by atoms with Crippen LogP contribution in [0.5, 0.6) is 17.4 Å². The second-order valence-electron chi connectivity index (χ2n) is 6.36. The number of hydrogen-bond acceptors (Lipinski definition) is 5. The Morgan fingerprint density at radius 1 is 1.07 bits per heavy atom. The van der Waals surface area contributed by atoms with Gasteiger partial charge in [-0.2, -0.15) is 0 Å². The van der Waals surface area contributed by atoms with Gasteiger partial charge in [-0.25, -0.2) is 4.98 Å². The Balaban J connectivity index is 1.85. The molecule has 3 aromatic rings. The van der Waals surface area contributed by atoms with Crippen LogP contribution in [-0.4, -0.2) is 18.6 Å². The number of aromatic nitrogens is 1. The standard InChI is InChI=1S/C21H18Cl2N2O3/c1-26-16-5-2-14(3-6-16)21(17-7-4-15(22)11-18(17)23)27-19-10-13(8-9-24)12-25-20(19)28-21/h2-7,10-12H,8-9,24H2,1H3. The molecule has 0 saturated carbocycles. The van der Waals surface area contributed by atoms with Crippen molar-refractivity contribution in [3.05, 3.63) is 81.5 Å². The minimum Gasteiger partial charge on any atom is -0.497 e. The maximum Gasteiger partial charge on any atom is 0.308 e. The van der Waals surface area contributed by atoms with Crippen LogP contribution in [0.15, 0.2) is 54.7 Å². The summed E-state index contributed by atoms with van der Waals surface area (Å²) in [5.74, 6) is 0.361. The molecule has 1 aliphatic rings. The topological polar surface area (TPSA) is 66.6 Å². The molecule has 2 aromatic carbocycles. The summed E-state index contributed by atoms with van der Waals surface area (Å²) in [6.45, 7) is 0.522. The summed E-state index contributed by atoms with van der Waals surface area (Å²) in [4.78, 5) is 4.41. The number of halogens is 2. The van der Waals surface area contributed by atoms with Gasteiger partial charge >= 0.3 is 5.79 Å². The fraction of sp³-hybridized carbons (Fsp3) is 0.190. The summed E-state index contributed by atoms with van der Waals surface area (Å²) < 4.78 is 17.9. The highest BCUT2D eigenvalue weighted by Crippen LogP contribution is 2.48. The van der Waals surface area contributed by atoms with Crippen molar-refractivity contribution in [2.24, 2.45) is 5.73 Å². The summed E-state index contributed by atoms with van der Waals surface area (Å²) in [5.41, 5.74) is 8.00. The van der Waals surface area contributed by atoms with Crippen LogP contribution in [-0.2, 0) is 12.2 Å². The Labute approximate surface area is 173 Å². The predicted molar refractivity (Wildman–Crippen MR) is 108 cm³/mol. The van der Waals surface area contributed by atoms with Crippen LogP contribution >= 0.6 is 23.2 Å². The quantitative estimate of drug-likeness (QED) is 0.659. The lowest BCUT2D eigenvalue weighted by Gasteiger charge is -2.29. The first-order valence-electron chi connectivity index (χ1n) is 8.73. The third kappa shape index (κ3) is 3.26. The van der Waals surface area contributed by atoms with Gasteiger partial charge in [0.05, 0.1) is 17.7 Å². The van der Waals surface area contributed by atoms with Crippen molar-refractivity contribution in [1.29, 1.82) is 0 Å². The lowest BCUT2D eigenvalue weighted by molar-refractivity contribution is -0.0475. The molecule has 7 heteroatoms. The van der Waals surface area contributed by atoms with Crippen molar-refractivity contribution in [3.8, 4) is 17.4 Å². The molecule has 4 rings (SSSR count). The van der Waals surface area contributed by atoms with Crippen molar-refractivity contribution in [2.75, 3.05) is 13.7 Å². The van der Waals surface area contributed by atoms with Crippen LogP contribution in [0.4, 0.5) is 0 Å². The summed E-state index contributed by atoms with van der Waals surface area (Å²) in [6.07, 6.45) is 2.43. The molecule has 1 aromatic heterocycles. The number of nitrogens with zero attached hydrogens (tertiary/aromatic N) is 1. The Morgan fingerprint density at radius 3 is 2.54 bits per heavy atom. The lowest BCUT2D eigenvalue weighted by atomic mass is 9.97.